The highest BCUT2D eigenvalue weighted by Crippen LogP contribution is 2.14. The fourth-order valence-corrected chi connectivity index (χ4v) is 2.34. The second-order valence-corrected chi connectivity index (χ2v) is 5.67. The fraction of sp³-hybridized carbons (Fsp3) is 0.278. The molecule has 1 amide bonds. The Hall–Kier alpha value is -2.57. The lowest BCUT2D eigenvalue weighted by Crippen LogP contribution is -2.15. The van der Waals surface area contributed by atoms with E-state index < -0.39 is 5.91 Å². The topological polar surface area (TPSA) is 66.7 Å². The van der Waals surface area contributed by atoms with Gasteiger partial charge in [0.05, 0.1) is 6.54 Å². The van der Waals surface area contributed by atoms with Crippen LogP contribution in [0.25, 0.3) is 6.08 Å². The van der Waals surface area contributed by atoms with Crippen LogP contribution in [-0.2, 0) is 17.9 Å². The Labute approximate surface area is 141 Å². The maximum atomic E-state index is 11.0. The number of hydrogen-bond acceptors (Lipinski definition) is 4. The molecule has 0 saturated carbocycles. The van der Waals surface area contributed by atoms with Crippen molar-refractivity contribution in [2.24, 2.45) is 0 Å². The first-order valence-corrected chi connectivity index (χ1v) is 7.72. The molecule has 1 aromatic heterocycles. The molecular weight excluding hydrogens is 306 g/mol. The van der Waals surface area contributed by atoms with Crippen LogP contribution in [0, 0.1) is 0 Å². The van der Waals surface area contributed by atoms with Crippen molar-refractivity contribution in [2.45, 2.75) is 13.1 Å². The summed E-state index contributed by atoms with van der Waals surface area (Å²) in [5.41, 5.74) is 3.64. The number of ether oxygens (including phenoxy) is 1. The minimum absolute atomic E-state index is 0.521. The van der Waals surface area contributed by atoms with Crippen molar-refractivity contribution >= 4 is 12.0 Å². The van der Waals surface area contributed by atoms with Gasteiger partial charge in [0, 0.05) is 24.5 Å². The molecule has 6 heteroatoms. The first kappa shape index (κ1) is 17.8. The predicted molar refractivity (Wildman–Crippen MR) is 92.7 cm³/mol. The van der Waals surface area contributed by atoms with Crippen LogP contribution < -0.4 is 10.2 Å². The third-order valence-corrected chi connectivity index (χ3v) is 3.38. The molecule has 0 fully saturated rings. The zero-order valence-electron chi connectivity index (χ0n) is 14.0. The Morgan fingerprint density at radius 3 is 2.92 bits per heavy atom. The van der Waals surface area contributed by atoms with Gasteiger partial charge < -0.3 is 14.2 Å². The molecule has 0 spiro atoms. The van der Waals surface area contributed by atoms with Gasteiger partial charge in [-0.25, -0.2) is 5.48 Å². The smallest absolute Gasteiger partial charge is 0.267 e. The summed E-state index contributed by atoms with van der Waals surface area (Å²) < 4.78 is 7.80. The van der Waals surface area contributed by atoms with E-state index in [1.165, 1.54) is 11.6 Å². The molecule has 2 N–H and O–H groups in total. The minimum atomic E-state index is -0.559. The van der Waals surface area contributed by atoms with E-state index in [0.717, 1.165) is 18.0 Å². The van der Waals surface area contributed by atoms with Gasteiger partial charge in [-0.3, -0.25) is 10.0 Å². The fourth-order valence-electron chi connectivity index (χ4n) is 2.34. The number of rotatable bonds is 8. The summed E-state index contributed by atoms with van der Waals surface area (Å²) in [7, 11) is 4.07. The van der Waals surface area contributed by atoms with Crippen LogP contribution in [0.2, 0.25) is 0 Å². The molecule has 6 nitrogen and oxygen atoms in total. The summed E-state index contributed by atoms with van der Waals surface area (Å²) in [5.74, 6) is 0.287. The van der Waals surface area contributed by atoms with Gasteiger partial charge in [0.25, 0.3) is 5.91 Å². The molecule has 2 rings (SSSR count). The van der Waals surface area contributed by atoms with Crippen LogP contribution in [0.5, 0.6) is 5.75 Å². The summed E-state index contributed by atoms with van der Waals surface area (Å²) in [5, 5.41) is 8.50. The molecule has 2 aromatic rings. The lowest BCUT2D eigenvalue weighted by molar-refractivity contribution is -0.124. The number of nitrogens with one attached hydrogen (secondary N) is 1. The van der Waals surface area contributed by atoms with Crippen LogP contribution in [0.15, 0.2) is 48.7 Å². The SMILES string of the molecule is CN(C)Cc1cccc(OCCn2cccc2C=CC(=O)NO)c1. The van der Waals surface area contributed by atoms with Crippen molar-refractivity contribution in [1.29, 1.82) is 0 Å². The Balaban J connectivity index is 1.90. The molecule has 1 heterocycles. The average Bonchev–Trinajstić information content (AvgIpc) is 3.00. The zero-order chi connectivity index (χ0) is 17.4. The number of amides is 1. The molecule has 0 atom stereocenters. The quantitative estimate of drug-likeness (QED) is 0.442. The van der Waals surface area contributed by atoms with Crippen LogP contribution in [-0.4, -0.2) is 41.3 Å². The third-order valence-electron chi connectivity index (χ3n) is 3.38. The molecule has 0 aliphatic rings. The van der Waals surface area contributed by atoms with Crippen LogP contribution >= 0.6 is 0 Å². The molecule has 0 bridgehead atoms. The summed E-state index contributed by atoms with van der Waals surface area (Å²) in [6.07, 6.45) is 4.84. The van der Waals surface area contributed by atoms with Gasteiger partial charge in [-0.05, 0) is 50.0 Å². The lowest BCUT2D eigenvalue weighted by atomic mass is 10.2. The minimum Gasteiger partial charge on any atom is -0.492 e. The number of aromatic nitrogens is 1. The number of hydroxylamine groups is 1. The number of carbonyl (C=O) groups is 1. The molecule has 0 saturated heterocycles. The Morgan fingerprint density at radius 1 is 1.33 bits per heavy atom. The van der Waals surface area contributed by atoms with Gasteiger partial charge in [-0.2, -0.15) is 0 Å². The highest BCUT2D eigenvalue weighted by atomic mass is 16.5. The maximum Gasteiger partial charge on any atom is 0.267 e. The van der Waals surface area contributed by atoms with Crippen molar-refractivity contribution in [3.63, 3.8) is 0 Å². The summed E-state index contributed by atoms with van der Waals surface area (Å²) >= 11 is 0. The van der Waals surface area contributed by atoms with Crippen LogP contribution in [0.1, 0.15) is 11.3 Å². The molecule has 0 aliphatic heterocycles. The standard InChI is InChI=1S/C18H23N3O3/c1-20(2)14-15-5-3-7-17(13-15)24-12-11-21-10-4-6-16(21)8-9-18(22)19-23/h3-10,13,23H,11-12,14H2,1-2H3,(H,19,22). The van der Waals surface area contributed by atoms with E-state index in [2.05, 4.69) is 11.0 Å². The van der Waals surface area contributed by atoms with Crippen molar-refractivity contribution in [3.05, 3.63) is 59.9 Å². The van der Waals surface area contributed by atoms with E-state index in [0.29, 0.717) is 13.2 Å². The Morgan fingerprint density at radius 2 is 2.17 bits per heavy atom. The highest BCUT2D eigenvalue weighted by Gasteiger charge is 2.01. The van der Waals surface area contributed by atoms with Crippen LogP contribution in [0.4, 0.5) is 0 Å². The lowest BCUT2D eigenvalue weighted by Gasteiger charge is -2.12. The highest BCUT2D eigenvalue weighted by molar-refractivity contribution is 5.90. The third kappa shape index (κ3) is 5.57. The summed E-state index contributed by atoms with van der Waals surface area (Å²) in [4.78, 5) is 13.2. The van der Waals surface area contributed by atoms with Gasteiger partial charge in [0.2, 0.25) is 0 Å². The Bertz CT molecular complexity index is 692. The molecule has 128 valence electrons. The first-order valence-electron chi connectivity index (χ1n) is 7.72. The number of nitrogens with zero attached hydrogens (tertiary/aromatic N) is 2. The summed E-state index contributed by atoms with van der Waals surface area (Å²) in [6, 6.07) is 11.8. The van der Waals surface area contributed by atoms with Crippen molar-refractivity contribution in [2.75, 3.05) is 20.7 Å². The maximum absolute atomic E-state index is 11.0. The monoisotopic (exact) mass is 329 g/mol. The second-order valence-electron chi connectivity index (χ2n) is 5.67. The number of hydrogen-bond donors (Lipinski definition) is 2. The van der Waals surface area contributed by atoms with Crippen molar-refractivity contribution in [3.8, 4) is 5.75 Å². The predicted octanol–water partition coefficient (Wildman–Crippen LogP) is 2.15. The number of carbonyl (C=O) groups excluding carboxylic acids is 1. The van der Waals surface area contributed by atoms with Gasteiger partial charge >= 0.3 is 0 Å². The van der Waals surface area contributed by atoms with Gasteiger partial charge in [-0.1, -0.05) is 12.1 Å². The average molecular weight is 329 g/mol. The van der Waals surface area contributed by atoms with Gasteiger partial charge in [-0.15, -0.1) is 0 Å². The molecule has 0 radical (unpaired) electrons. The summed E-state index contributed by atoms with van der Waals surface area (Å²) in [6.45, 7) is 2.05. The second kappa shape index (κ2) is 8.90. The largest absolute Gasteiger partial charge is 0.492 e. The molecular formula is C18H23N3O3. The molecule has 24 heavy (non-hydrogen) atoms. The van der Waals surface area contributed by atoms with E-state index in [1.54, 1.807) is 11.6 Å². The van der Waals surface area contributed by atoms with E-state index in [4.69, 9.17) is 9.94 Å². The number of benzene rings is 1. The zero-order valence-corrected chi connectivity index (χ0v) is 14.0. The van der Waals surface area contributed by atoms with E-state index >= 15 is 0 Å². The van der Waals surface area contributed by atoms with Gasteiger partial charge in [0.15, 0.2) is 0 Å². The van der Waals surface area contributed by atoms with Crippen LogP contribution in [0.3, 0.4) is 0 Å². The van der Waals surface area contributed by atoms with E-state index in [-0.39, 0.29) is 0 Å². The van der Waals surface area contributed by atoms with Crippen molar-refractivity contribution in [1.82, 2.24) is 14.9 Å². The molecule has 1 aromatic carbocycles. The van der Waals surface area contributed by atoms with E-state index in [9.17, 15) is 4.79 Å². The van der Waals surface area contributed by atoms with Crippen molar-refractivity contribution < 1.29 is 14.7 Å². The Kier molecular flexibility index (Phi) is 6.60. The first-order chi connectivity index (χ1) is 11.6. The van der Waals surface area contributed by atoms with Gasteiger partial charge in [0.1, 0.15) is 12.4 Å². The molecule has 0 aliphatic carbocycles. The normalized spacial score (nSPS) is 11.2. The van der Waals surface area contributed by atoms with E-state index in [1.807, 2.05) is 55.2 Å². The molecule has 0 unspecified atom stereocenters.